The average Bonchev–Trinajstić information content (AvgIpc) is 2.45. The van der Waals surface area contributed by atoms with Crippen LogP contribution in [0.2, 0.25) is 0 Å². The molecule has 66 valence electrons. The minimum absolute atomic E-state index is 0.238. The zero-order chi connectivity index (χ0) is 9.14. The number of rotatable bonds is 2. The summed E-state index contributed by atoms with van der Waals surface area (Å²) < 4.78 is 5.78. The van der Waals surface area contributed by atoms with Gasteiger partial charge in [-0.1, -0.05) is 0 Å². The minimum atomic E-state index is -0.238. The zero-order valence-electron chi connectivity index (χ0n) is 7.21. The lowest BCUT2D eigenvalue weighted by atomic mass is 10.3. The van der Waals surface area contributed by atoms with E-state index in [0.717, 1.165) is 9.77 Å². The Morgan fingerprint density at radius 3 is 2.75 bits per heavy atom. The van der Waals surface area contributed by atoms with Gasteiger partial charge < -0.3 is 4.74 Å². The molecule has 0 bridgehead atoms. The van der Waals surface area contributed by atoms with Crippen molar-refractivity contribution in [1.82, 2.24) is 0 Å². The summed E-state index contributed by atoms with van der Waals surface area (Å²) >= 11 is 3.12. The molecule has 0 saturated heterocycles. The van der Waals surface area contributed by atoms with Crippen molar-refractivity contribution >= 4 is 29.1 Å². The van der Waals surface area contributed by atoms with Crippen LogP contribution in [-0.2, 0) is 4.74 Å². The second-order valence-corrected chi connectivity index (χ2v) is 4.43. The topological polar surface area (TPSA) is 26.3 Å². The SMILES string of the molecule is COC(=O)c1sc(SC)cc1C. The second kappa shape index (κ2) is 3.96. The number of methoxy groups -OCH3 is 1. The van der Waals surface area contributed by atoms with Crippen LogP contribution < -0.4 is 0 Å². The number of ether oxygens (including phenoxy) is 1. The molecule has 0 unspecified atom stereocenters. The highest BCUT2D eigenvalue weighted by molar-refractivity contribution is 8.00. The first-order valence-corrected chi connectivity index (χ1v) is 5.46. The lowest BCUT2D eigenvalue weighted by molar-refractivity contribution is 0.0605. The quantitative estimate of drug-likeness (QED) is 0.544. The molecule has 0 N–H and O–H groups in total. The van der Waals surface area contributed by atoms with Crippen LogP contribution in [0, 0.1) is 6.92 Å². The van der Waals surface area contributed by atoms with Crippen molar-refractivity contribution in [2.24, 2.45) is 0 Å². The molecule has 0 fully saturated rings. The molecule has 0 saturated carbocycles. The number of thioether (sulfide) groups is 1. The molecule has 0 radical (unpaired) electrons. The summed E-state index contributed by atoms with van der Waals surface area (Å²) in [5, 5.41) is 0. The summed E-state index contributed by atoms with van der Waals surface area (Å²) in [4.78, 5) is 11.9. The van der Waals surface area contributed by atoms with Crippen molar-refractivity contribution in [2.45, 2.75) is 11.1 Å². The normalized spacial score (nSPS) is 9.92. The molecule has 1 aromatic heterocycles. The van der Waals surface area contributed by atoms with Crippen molar-refractivity contribution in [3.05, 3.63) is 16.5 Å². The third kappa shape index (κ3) is 1.81. The fourth-order valence-electron chi connectivity index (χ4n) is 0.849. The summed E-state index contributed by atoms with van der Waals surface area (Å²) in [6, 6.07) is 2.00. The number of hydrogen-bond donors (Lipinski definition) is 0. The fourth-order valence-corrected chi connectivity index (χ4v) is 2.55. The van der Waals surface area contributed by atoms with E-state index in [9.17, 15) is 4.79 Å². The number of thiophene rings is 1. The van der Waals surface area contributed by atoms with Gasteiger partial charge in [-0.25, -0.2) is 4.79 Å². The Morgan fingerprint density at radius 2 is 2.33 bits per heavy atom. The van der Waals surface area contributed by atoms with Crippen molar-refractivity contribution in [3.63, 3.8) is 0 Å². The molecule has 1 rings (SSSR count). The van der Waals surface area contributed by atoms with E-state index in [4.69, 9.17) is 0 Å². The van der Waals surface area contributed by atoms with Crippen LogP contribution in [0.15, 0.2) is 10.3 Å². The molecular weight excluding hydrogens is 192 g/mol. The molecule has 12 heavy (non-hydrogen) atoms. The van der Waals surface area contributed by atoms with Crippen LogP contribution in [0.25, 0.3) is 0 Å². The summed E-state index contributed by atoms with van der Waals surface area (Å²) in [7, 11) is 1.40. The lowest BCUT2D eigenvalue weighted by Crippen LogP contribution is -1.99. The van der Waals surface area contributed by atoms with E-state index in [1.165, 1.54) is 18.4 Å². The van der Waals surface area contributed by atoms with Gasteiger partial charge in [-0.3, -0.25) is 0 Å². The molecule has 2 nitrogen and oxygen atoms in total. The van der Waals surface area contributed by atoms with E-state index < -0.39 is 0 Å². The monoisotopic (exact) mass is 202 g/mol. The molecule has 0 aliphatic rings. The van der Waals surface area contributed by atoms with Crippen LogP contribution in [-0.4, -0.2) is 19.3 Å². The van der Waals surface area contributed by atoms with Crippen molar-refractivity contribution < 1.29 is 9.53 Å². The first-order valence-electron chi connectivity index (χ1n) is 3.41. The number of hydrogen-bond acceptors (Lipinski definition) is 4. The van der Waals surface area contributed by atoms with Gasteiger partial charge in [-0.15, -0.1) is 23.1 Å². The average molecular weight is 202 g/mol. The van der Waals surface area contributed by atoms with Gasteiger partial charge in [0.05, 0.1) is 11.3 Å². The van der Waals surface area contributed by atoms with Crippen molar-refractivity contribution in [3.8, 4) is 0 Å². The maximum absolute atomic E-state index is 11.1. The molecule has 0 aliphatic heterocycles. The summed E-state index contributed by atoms with van der Waals surface area (Å²) in [5.41, 5.74) is 0.996. The molecule has 0 amide bonds. The van der Waals surface area contributed by atoms with Gasteiger partial charge in [0.1, 0.15) is 4.88 Å². The molecule has 1 aromatic rings. The van der Waals surface area contributed by atoms with E-state index in [-0.39, 0.29) is 5.97 Å². The fraction of sp³-hybridized carbons (Fsp3) is 0.375. The van der Waals surface area contributed by atoms with Crippen molar-refractivity contribution in [1.29, 1.82) is 0 Å². The Labute approximate surface area is 79.9 Å². The molecule has 0 aromatic carbocycles. The molecule has 0 aliphatic carbocycles. The minimum Gasteiger partial charge on any atom is -0.465 e. The Kier molecular flexibility index (Phi) is 3.17. The van der Waals surface area contributed by atoms with E-state index in [2.05, 4.69) is 4.74 Å². The van der Waals surface area contributed by atoms with Crippen LogP contribution >= 0.6 is 23.1 Å². The maximum Gasteiger partial charge on any atom is 0.348 e. The van der Waals surface area contributed by atoms with E-state index in [0.29, 0.717) is 4.88 Å². The summed E-state index contributed by atoms with van der Waals surface area (Å²) in [6.45, 7) is 1.92. The highest BCUT2D eigenvalue weighted by Gasteiger charge is 2.12. The van der Waals surface area contributed by atoms with Gasteiger partial charge in [0.25, 0.3) is 0 Å². The predicted octanol–water partition coefficient (Wildman–Crippen LogP) is 2.57. The molecule has 0 spiro atoms. The van der Waals surface area contributed by atoms with Crippen LogP contribution in [0.5, 0.6) is 0 Å². The number of aryl methyl sites for hydroxylation is 1. The second-order valence-electron chi connectivity index (χ2n) is 2.27. The third-order valence-corrected chi connectivity index (χ3v) is 3.75. The van der Waals surface area contributed by atoms with E-state index in [1.54, 1.807) is 11.8 Å². The lowest BCUT2D eigenvalue weighted by Gasteiger charge is -1.94. The first-order chi connectivity index (χ1) is 5.69. The first kappa shape index (κ1) is 9.61. The molecular formula is C8H10O2S2. The Morgan fingerprint density at radius 1 is 1.67 bits per heavy atom. The summed E-state index contributed by atoms with van der Waals surface area (Å²) in [6.07, 6.45) is 1.99. The van der Waals surface area contributed by atoms with Crippen LogP contribution in [0.3, 0.4) is 0 Å². The third-order valence-electron chi connectivity index (χ3n) is 1.47. The zero-order valence-corrected chi connectivity index (χ0v) is 8.84. The number of carbonyl (C=O) groups excluding carboxylic acids is 1. The van der Waals surface area contributed by atoms with Gasteiger partial charge >= 0.3 is 5.97 Å². The number of carbonyl (C=O) groups is 1. The molecule has 4 heteroatoms. The molecule has 1 heterocycles. The van der Waals surface area contributed by atoms with Gasteiger partial charge in [0.15, 0.2) is 0 Å². The maximum atomic E-state index is 11.1. The van der Waals surface area contributed by atoms with Gasteiger partial charge in [0, 0.05) is 0 Å². The van der Waals surface area contributed by atoms with E-state index >= 15 is 0 Å². The van der Waals surface area contributed by atoms with E-state index in [1.807, 2.05) is 19.2 Å². The highest BCUT2D eigenvalue weighted by atomic mass is 32.2. The Balaban J connectivity index is 2.99. The smallest absolute Gasteiger partial charge is 0.348 e. The standard InChI is InChI=1S/C8H10O2S2/c1-5-4-6(11-3)12-7(5)8(9)10-2/h4H,1-3H3. The van der Waals surface area contributed by atoms with Gasteiger partial charge in [-0.05, 0) is 24.8 Å². The van der Waals surface area contributed by atoms with Gasteiger partial charge in [0.2, 0.25) is 0 Å². The van der Waals surface area contributed by atoms with Crippen LogP contribution in [0.4, 0.5) is 0 Å². The Bertz CT molecular complexity index is 291. The molecule has 0 atom stereocenters. The predicted molar refractivity (Wildman–Crippen MR) is 52.2 cm³/mol. The van der Waals surface area contributed by atoms with Crippen molar-refractivity contribution in [2.75, 3.05) is 13.4 Å². The van der Waals surface area contributed by atoms with Crippen LogP contribution in [0.1, 0.15) is 15.2 Å². The largest absolute Gasteiger partial charge is 0.465 e. The Hall–Kier alpha value is -0.480. The summed E-state index contributed by atoms with van der Waals surface area (Å²) in [5.74, 6) is -0.238. The van der Waals surface area contributed by atoms with Gasteiger partial charge in [-0.2, -0.15) is 0 Å². The highest BCUT2D eigenvalue weighted by Crippen LogP contribution is 2.29. The number of esters is 1.